The third-order valence-corrected chi connectivity index (χ3v) is 18.9. The number of carboxylic acids is 1. The number of nitrogens with zero attached hydrogens (tertiary/aromatic N) is 1. The molecule has 1 unspecified atom stereocenters. The average molecular weight is 731 g/mol. The summed E-state index contributed by atoms with van der Waals surface area (Å²) in [6.45, 7) is 22.4. The Morgan fingerprint density at radius 2 is 1.69 bits per heavy atom. The fraction of sp³-hybridized carbons (Fsp3) is 0.833. The van der Waals surface area contributed by atoms with Crippen LogP contribution >= 0.6 is 0 Å². The molecule has 0 aromatic heterocycles. The molecule has 10 atom stereocenters. The summed E-state index contributed by atoms with van der Waals surface area (Å²) in [4.78, 5) is 13.7. The van der Waals surface area contributed by atoms with Gasteiger partial charge in [0.15, 0.2) is 9.84 Å². The number of sulfone groups is 1. The number of alkyl halides is 2. The molecule has 0 radical (unpaired) electrons. The molecule has 0 amide bonds. The van der Waals surface area contributed by atoms with Crippen molar-refractivity contribution >= 4 is 15.8 Å². The molecule has 1 aliphatic heterocycles. The molecule has 1 saturated heterocycles. The van der Waals surface area contributed by atoms with Gasteiger partial charge in [0.25, 0.3) is 0 Å². The summed E-state index contributed by atoms with van der Waals surface area (Å²) in [6.07, 6.45) is 15.0. The number of carboxylic acid groups (broad SMARTS) is 1. The minimum absolute atomic E-state index is 0.106. The van der Waals surface area contributed by atoms with Crippen LogP contribution in [0.15, 0.2) is 35.5 Å². The lowest BCUT2D eigenvalue weighted by Crippen LogP contribution is -2.68. The van der Waals surface area contributed by atoms with E-state index < -0.39 is 27.6 Å². The second kappa shape index (κ2) is 12.5. The van der Waals surface area contributed by atoms with Gasteiger partial charge in [0, 0.05) is 37.6 Å². The van der Waals surface area contributed by atoms with Crippen LogP contribution in [0, 0.1) is 57.2 Å². The minimum Gasteiger partial charge on any atom is -0.477 e. The van der Waals surface area contributed by atoms with Crippen molar-refractivity contribution in [2.24, 2.45) is 57.2 Å². The molecule has 7 rings (SSSR count). The smallest absolute Gasteiger partial charge is 0.374 e. The lowest BCUT2D eigenvalue weighted by atomic mass is 9.33. The van der Waals surface area contributed by atoms with E-state index in [2.05, 4.69) is 64.4 Å². The van der Waals surface area contributed by atoms with Gasteiger partial charge in [-0.15, -0.1) is 0 Å². The van der Waals surface area contributed by atoms with Crippen LogP contribution in [0.2, 0.25) is 0 Å². The molecule has 2 N–H and O–H groups in total. The summed E-state index contributed by atoms with van der Waals surface area (Å²) >= 11 is 0. The summed E-state index contributed by atoms with van der Waals surface area (Å²) in [5.41, 5.74) is 3.90. The molecule has 7 aliphatic rings. The predicted molar refractivity (Wildman–Crippen MR) is 199 cm³/mol. The van der Waals surface area contributed by atoms with Crippen LogP contribution in [0.3, 0.4) is 0 Å². The number of carbonyl (C=O) groups is 1. The van der Waals surface area contributed by atoms with Crippen molar-refractivity contribution in [2.45, 2.75) is 124 Å². The van der Waals surface area contributed by atoms with E-state index in [0.29, 0.717) is 42.7 Å². The lowest BCUT2D eigenvalue weighted by molar-refractivity contribution is -0.221. The summed E-state index contributed by atoms with van der Waals surface area (Å²) in [6, 6.07) is 0. The Kier molecular flexibility index (Phi) is 9.23. The SMILES string of the molecule is C=C(C)[C@@H]1CC[C@]2(NCCN3CCS(=O)(=O)CC3)CC[C@]3(C)[C@H](CC[C@@H]4[C@@]5(C)CC=C(C6=CCC(C(F)(F)C(=O)O)C6)C(C)(C)[C@@H]5CC[C@]43C)[C@@H]12. The fourth-order valence-electron chi connectivity index (χ4n) is 14.4. The zero-order chi connectivity index (χ0) is 37.0. The van der Waals surface area contributed by atoms with Gasteiger partial charge >= 0.3 is 11.9 Å². The van der Waals surface area contributed by atoms with Crippen LogP contribution in [0.5, 0.6) is 0 Å². The van der Waals surface area contributed by atoms with Crippen molar-refractivity contribution in [3.63, 3.8) is 0 Å². The van der Waals surface area contributed by atoms with Gasteiger partial charge in [-0.05, 0) is 140 Å². The van der Waals surface area contributed by atoms with Crippen molar-refractivity contribution in [1.29, 1.82) is 0 Å². The van der Waals surface area contributed by atoms with Crippen molar-refractivity contribution in [2.75, 3.05) is 37.7 Å². The Hall–Kier alpha value is -1.58. The van der Waals surface area contributed by atoms with Gasteiger partial charge in [-0.2, -0.15) is 8.78 Å². The molecule has 0 spiro atoms. The normalized spacial score (nSPS) is 44.7. The Labute approximate surface area is 306 Å². The van der Waals surface area contributed by atoms with E-state index in [1.807, 2.05) is 6.08 Å². The van der Waals surface area contributed by atoms with E-state index in [1.54, 1.807) is 0 Å². The number of nitrogens with one attached hydrogen (secondary N) is 1. The van der Waals surface area contributed by atoms with Crippen LogP contribution in [0.25, 0.3) is 0 Å². The highest BCUT2D eigenvalue weighted by Crippen LogP contribution is 2.76. The van der Waals surface area contributed by atoms with E-state index in [4.69, 9.17) is 0 Å². The monoisotopic (exact) mass is 730 g/mol. The summed E-state index contributed by atoms with van der Waals surface area (Å²) in [7, 11) is -2.88. The van der Waals surface area contributed by atoms with Gasteiger partial charge in [-0.3, -0.25) is 0 Å². The Morgan fingerprint density at radius 3 is 2.35 bits per heavy atom. The maximum absolute atomic E-state index is 14.6. The van der Waals surface area contributed by atoms with Crippen LogP contribution in [0.1, 0.15) is 112 Å². The molecule has 1 heterocycles. The molecule has 6 aliphatic carbocycles. The number of rotatable bonds is 8. The van der Waals surface area contributed by atoms with Crippen LogP contribution < -0.4 is 5.32 Å². The predicted octanol–water partition coefficient (Wildman–Crippen LogP) is 8.31. The average Bonchev–Trinajstić information content (AvgIpc) is 3.68. The first-order valence-electron chi connectivity index (χ1n) is 20.1. The highest BCUT2D eigenvalue weighted by molar-refractivity contribution is 7.91. The maximum atomic E-state index is 14.6. The van der Waals surface area contributed by atoms with Gasteiger partial charge in [-0.1, -0.05) is 58.9 Å². The number of hydrogen-bond acceptors (Lipinski definition) is 5. The van der Waals surface area contributed by atoms with Gasteiger partial charge in [0.2, 0.25) is 0 Å². The molecule has 286 valence electrons. The number of hydrogen-bond donors (Lipinski definition) is 2. The van der Waals surface area contributed by atoms with Crippen LogP contribution in [-0.4, -0.2) is 73.5 Å². The van der Waals surface area contributed by atoms with Crippen molar-refractivity contribution in [3.05, 3.63) is 35.5 Å². The lowest BCUT2D eigenvalue weighted by Gasteiger charge is -2.72. The first kappa shape index (κ1) is 37.7. The van der Waals surface area contributed by atoms with Crippen molar-refractivity contribution < 1.29 is 27.1 Å². The standard InChI is InChI=1S/C42H64F2N2O4S/c1-27(2)30-12-17-41(45-20-21-46-22-24-51(49,50)25-23-46)19-18-39(6)32(35(30)41)10-11-34-38(5)15-13-31(37(3,4)33(38)14-16-40(34,39)7)28-8-9-29(26-28)42(43,44)36(47)48/h8,13,29-30,32-35,45H,1,9-12,14-26H2,2-7H3,(H,47,48)/t29?,30-,32+,33-,34+,35+,38-,39+,40+,41-/m0/s1. The topological polar surface area (TPSA) is 86.7 Å². The molecular weight excluding hydrogens is 667 g/mol. The summed E-state index contributed by atoms with van der Waals surface area (Å²) in [5, 5.41) is 13.4. The van der Waals surface area contributed by atoms with Gasteiger partial charge < -0.3 is 15.3 Å². The number of halogens is 2. The second-order valence-electron chi connectivity index (χ2n) is 19.6. The third kappa shape index (κ3) is 5.69. The van der Waals surface area contributed by atoms with Crippen LogP contribution in [0.4, 0.5) is 8.78 Å². The quantitative estimate of drug-likeness (QED) is 0.245. The summed E-state index contributed by atoms with van der Waals surface area (Å²) in [5.74, 6) is -3.64. The molecule has 4 saturated carbocycles. The van der Waals surface area contributed by atoms with E-state index in [1.165, 1.54) is 56.1 Å². The molecule has 51 heavy (non-hydrogen) atoms. The Bertz CT molecular complexity index is 1610. The maximum Gasteiger partial charge on any atom is 0.374 e. The first-order valence-corrected chi connectivity index (χ1v) is 21.9. The molecule has 0 aromatic rings. The molecule has 0 bridgehead atoms. The van der Waals surface area contributed by atoms with E-state index in [0.717, 1.165) is 31.5 Å². The number of aliphatic carboxylic acids is 1. The zero-order valence-corrected chi connectivity index (χ0v) is 32.9. The minimum atomic E-state index is -3.71. The van der Waals surface area contributed by atoms with E-state index in [9.17, 15) is 27.1 Å². The largest absolute Gasteiger partial charge is 0.477 e. The molecule has 6 nitrogen and oxygen atoms in total. The fourth-order valence-corrected chi connectivity index (χ4v) is 15.7. The molecule has 5 fully saturated rings. The molecule has 0 aromatic carbocycles. The zero-order valence-electron chi connectivity index (χ0n) is 32.1. The van der Waals surface area contributed by atoms with Crippen molar-refractivity contribution in [3.8, 4) is 0 Å². The molecular formula is C42H64F2N2O4S. The first-order chi connectivity index (χ1) is 23.7. The highest BCUT2D eigenvalue weighted by Gasteiger charge is 2.70. The Balaban J connectivity index is 1.12. The van der Waals surface area contributed by atoms with Gasteiger partial charge in [-0.25, -0.2) is 13.2 Å². The van der Waals surface area contributed by atoms with E-state index >= 15 is 0 Å². The highest BCUT2D eigenvalue weighted by atomic mass is 32.2. The van der Waals surface area contributed by atoms with Gasteiger partial charge in [0.05, 0.1) is 11.5 Å². The van der Waals surface area contributed by atoms with E-state index in [-0.39, 0.29) is 51.5 Å². The van der Waals surface area contributed by atoms with Gasteiger partial charge in [0.1, 0.15) is 0 Å². The van der Waals surface area contributed by atoms with Crippen molar-refractivity contribution in [1.82, 2.24) is 10.2 Å². The van der Waals surface area contributed by atoms with Crippen LogP contribution in [-0.2, 0) is 14.6 Å². The summed E-state index contributed by atoms with van der Waals surface area (Å²) < 4.78 is 53.2. The number of fused-ring (bicyclic) bond motifs is 7. The molecule has 9 heteroatoms. The Morgan fingerprint density at radius 1 is 0.980 bits per heavy atom. The second-order valence-corrected chi connectivity index (χ2v) is 21.9. The number of allylic oxidation sites excluding steroid dienone is 5. The third-order valence-electron chi connectivity index (χ3n) is 17.2.